The van der Waals surface area contributed by atoms with Crippen molar-refractivity contribution in [1.82, 2.24) is 10.4 Å². The molecule has 34 heavy (non-hydrogen) atoms. The Labute approximate surface area is 193 Å². The van der Waals surface area contributed by atoms with Gasteiger partial charge < -0.3 is 5.32 Å². The highest BCUT2D eigenvalue weighted by Crippen LogP contribution is 2.23. The summed E-state index contributed by atoms with van der Waals surface area (Å²) in [6, 6.07) is 16.6. The highest BCUT2D eigenvalue weighted by Gasteiger charge is 2.36. The van der Waals surface area contributed by atoms with Gasteiger partial charge in [-0.25, -0.2) is 0 Å². The molecule has 0 aliphatic carbocycles. The molecule has 0 saturated carbocycles. The van der Waals surface area contributed by atoms with Crippen LogP contribution in [0.15, 0.2) is 66.7 Å². The summed E-state index contributed by atoms with van der Waals surface area (Å²) in [5.74, 6) is -2.31. The molecule has 2 N–H and O–H groups in total. The Morgan fingerprint density at radius 2 is 1.53 bits per heavy atom. The molecule has 4 amide bonds. The molecule has 1 aliphatic rings. The molecule has 170 valence electrons. The number of carbonyl (C=O) groups is 4. The van der Waals surface area contributed by atoms with Crippen molar-refractivity contribution in [2.24, 2.45) is 0 Å². The van der Waals surface area contributed by atoms with Crippen LogP contribution in [0.25, 0.3) is 0 Å². The fraction of sp³-hybridized carbons (Fsp3) is 0.0833. The first kappa shape index (κ1) is 22.3. The maximum atomic E-state index is 12.9. The van der Waals surface area contributed by atoms with E-state index in [9.17, 15) is 29.3 Å². The van der Waals surface area contributed by atoms with E-state index in [-0.39, 0.29) is 34.7 Å². The Hall–Kier alpha value is -4.86. The van der Waals surface area contributed by atoms with Gasteiger partial charge in [0.15, 0.2) is 0 Å². The fourth-order valence-corrected chi connectivity index (χ4v) is 3.58. The van der Waals surface area contributed by atoms with Crippen LogP contribution >= 0.6 is 0 Å². The van der Waals surface area contributed by atoms with E-state index in [0.29, 0.717) is 21.8 Å². The first-order chi connectivity index (χ1) is 16.3. The van der Waals surface area contributed by atoms with Crippen molar-refractivity contribution in [3.63, 3.8) is 0 Å². The number of hydrogen-bond donors (Lipinski definition) is 2. The summed E-state index contributed by atoms with van der Waals surface area (Å²) in [6.45, 7) is 1.62. The summed E-state index contributed by atoms with van der Waals surface area (Å²) >= 11 is 0. The van der Waals surface area contributed by atoms with E-state index < -0.39 is 22.6 Å². The quantitative estimate of drug-likeness (QED) is 0.331. The van der Waals surface area contributed by atoms with Crippen molar-refractivity contribution in [2.75, 3.05) is 5.32 Å². The number of nitro benzene ring substituents is 1. The molecule has 0 spiro atoms. The first-order valence-electron chi connectivity index (χ1n) is 10.2. The molecule has 3 aromatic rings. The van der Waals surface area contributed by atoms with E-state index in [1.54, 1.807) is 31.2 Å². The Bertz CT molecular complexity index is 1310. The second-order valence-corrected chi connectivity index (χ2v) is 7.56. The zero-order valence-electron chi connectivity index (χ0n) is 17.9. The fourth-order valence-electron chi connectivity index (χ4n) is 3.58. The minimum Gasteiger partial charge on any atom is -0.326 e. The molecule has 1 heterocycles. The number of benzene rings is 3. The molecule has 10 nitrogen and oxygen atoms in total. The van der Waals surface area contributed by atoms with Crippen molar-refractivity contribution >= 4 is 35.0 Å². The summed E-state index contributed by atoms with van der Waals surface area (Å²) in [6.07, 6.45) is -0.0249. The SMILES string of the molecule is Cc1c(NC(=O)Cc2ccc([N+](=O)[O-])cc2)cccc1C(=O)NN1C(=O)c2ccccc2C1=O. The molecular formula is C24H18N4O6. The van der Waals surface area contributed by atoms with Gasteiger partial charge in [0.25, 0.3) is 23.4 Å². The lowest BCUT2D eigenvalue weighted by Crippen LogP contribution is -2.46. The topological polar surface area (TPSA) is 139 Å². The van der Waals surface area contributed by atoms with Crippen molar-refractivity contribution in [3.05, 3.63) is 105 Å². The number of anilines is 1. The van der Waals surface area contributed by atoms with Gasteiger partial charge in [0.2, 0.25) is 5.91 Å². The zero-order chi connectivity index (χ0) is 24.4. The minimum atomic E-state index is -0.682. The van der Waals surface area contributed by atoms with Crippen LogP contribution in [0.4, 0.5) is 11.4 Å². The summed E-state index contributed by atoms with van der Waals surface area (Å²) < 4.78 is 0. The van der Waals surface area contributed by atoms with Crippen LogP contribution in [0.5, 0.6) is 0 Å². The van der Waals surface area contributed by atoms with Crippen molar-refractivity contribution in [2.45, 2.75) is 13.3 Å². The third kappa shape index (κ3) is 4.24. The standard InChI is InChI=1S/C24H18N4O6/c1-14-17(22(30)26-27-23(31)18-5-2-3-6-19(18)24(27)32)7-4-8-20(14)25-21(29)13-15-9-11-16(12-10-15)28(33)34/h2-12H,13H2,1H3,(H,25,29)(H,26,30). The highest BCUT2D eigenvalue weighted by molar-refractivity contribution is 6.22. The molecule has 0 fully saturated rings. The molecule has 0 atom stereocenters. The summed E-state index contributed by atoms with van der Waals surface area (Å²) in [5, 5.41) is 14.1. The zero-order valence-corrected chi connectivity index (χ0v) is 17.9. The van der Waals surface area contributed by atoms with Crippen LogP contribution in [0.3, 0.4) is 0 Å². The van der Waals surface area contributed by atoms with E-state index in [1.165, 1.54) is 42.5 Å². The van der Waals surface area contributed by atoms with Gasteiger partial charge in [0.05, 0.1) is 22.5 Å². The van der Waals surface area contributed by atoms with E-state index in [2.05, 4.69) is 10.7 Å². The van der Waals surface area contributed by atoms with E-state index >= 15 is 0 Å². The Kier molecular flexibility index (Phi) is 5.88. The maximum Gasteiger partial charge on any atom is 0.280 e. The number of rotatable bonds is 6. The number of amides is 4. The minimum absolute atomic E-state index is 0.0249. The number of imide groups is 1. The van der Waals surface area contributed by atoms with Gasteiger partial charge in [-0.1, -0.05) is 30.3 Å². The Balaban J connectivity index is 1.46. The number of nitro groups is 1. The van der Waals surface area contributed by atoms with Crippen LogP contribution in [0.1, 0.15) is 42.2 Å². The van der Waals surface area contributed by atoms with Crippen molar-refractivity contribution in [3.8, 4) is 0 Å². The van der Waals surface area contributed by atoms with Crippen LogP contribution in [-0.2, 0) is 11.2 Å². The molecule has 3 aromatic carbocycles. The van der Waals surface area contributed by atoms with Gasteiger partial charge >= 0.3 is 0 Å². The van der Waals surface area contributed by atoms with Crippen LogP contribution in [0, 0.1) is 17.0 Å². The highest BCUT2D eigenvalue weighted by atomic mass is 16.6. The van der Waals surface area contributed by atoms with E-state index in [0.717, 1.165) is 0 Å². The monoisotopic (exact) mass is 458 g/mol. The van der Waals surface area contributed by atoms with Crippen LogP contribution in [-0.4, -0.2) is 33.6 Å². The van der Waals surface area contributed by atoms with Gasteiger partial charge in [0.1, 0.15) is 0 Å². The molecule has 0 saturated heterocycles. The number of hydrazine groups is 1. The second kappa shape index (κ2) is 8.94. The normalized spacial score (nSPS) is 12.3. The number of carbonyl (C=O) groups excluding carboxylic acids is 4. The molecule has 0 bridgehead atoms. The molecular weight excluding hydrogens is 440 g/mol. The number of nitrogens with one attached hydrogen (secondary N) is 2. The predicted octanol–water partition coefficient (Wildman–Crippen LogP) is 3.03. The molecule has 1 aliphatic heterocycles. The van der Waals surface area contributed by atoms with E-state index in [1.807, 2.05) is 0 Å². The largest absolute Gasteiger partial charge is 0.326 e. The molecule has 0 unspecified atom stereocenters. The molecule has 0 radical (unpaired) electrons. The van der Waals surface area contributed by atoms with Crippen molar-refractivity contribution in [1.29, 1.82) is 0 Å². The predicted molar refractivity (Wildman–Crippen MR) is 121 cm³/mol. The lowest BCUT2D eigenvalue weighted by Gasteiger charge is -2.17. The average molecular weight is 458 g/mol. The first-order valence-corrected chi connectivity index (χ1v) is 10.2. The summed E-state index contributed by atoms with van der Waals surface area (Å²) in [7, 11) is 0. The van der Waals surface area contributed by atoms with Gasteiger partial charge in [0, 0.05) is 23.4 Å². The smallest absolute Gasteiger partial charge is 0.280 e. The average Bonchev–Trinajstić information content (AvgIpc) is 3.05. The van der Waals surface area contributed by atoms with Gasteiger partial charge in [-0.05, 0) is 42.3 Å². The lowest BCUT2D eigenvalue weighted by atomic mass is 10.1. The number of nitrogens with zero attached hydrogens (tertiary/aromatic N) is 2. The molecule has 0 aromatic heterocycles. The van der Waals surface area contributed by atoms with Crippen LogP contribution in [0.2, 0.25) is 0 Å². The lowest BCUT2D eigenvalue weighted by molar-refractivity contribution is -0.384. The van der Waals surface area contributed by atoms with Gasteiger partial charge in [-0.3, -0.25) is 34.7 Å². The third-order valence-corrected chi connectivity index (χ3v) is 5.37. The van der Waals surface area contributed by atoms with Gasteiger partial charge in [-0.15, -0.1) is 0 Å². The van der Waals surface area contributed by atoms with Crippen molar-refractivity contribution < 1.29 is 24.1 Å². The second-order valence-electron chi connectivity index (χ2n) is 7.56. The number of non-ortho nitro benzene ring substituents is 1. The van der Waals surface area contributed by atoms with Crippen LogP contribution < -0.4 is 10.7 Å². The number of fused-ring (bicyclic) bond motifs is 1. The Morgan fingerprint density at radius 1 is 0.912 bits per heavy atom. The third-order valence-electron chi connectivity index (χ3n) is 5.37. The van der Waals surface area contributed by atoms with Gasteiger partial charge in [-0.2, -0.15) is 5.01 Å². The molecule has 4 rings (SSSR count). The summed E-state index contributed by atoms with van der Waals surface area (Å²) in [4.78, 5) is 60.6. The Morgan fingerprint density at radius 3 is 2.12 bits per heavy atom. The van der Waals surface area contributed by atoms with E-state index in [4.69, 9.17) is 0 Å². The number of hydrogen-bond acceptors (Lipinski definition) is 6. The maximum absolute atomic E-state index is 12.9. The molecule has 10 heteroatoms. The summed E-state index contributed by atoms with van der Waals surface area (Å²) in [5.41, 5.74) is 4.25.